The highest BCUT2D eigenvalue weighted by Gasteiger charge is 2.24. The van der Waals surface area contributed by atoms with Crippen molar-refractivity contribution in [1.29, 1.82) is 0 Å². The van der Waals surface area contributed by atoms with Crippen LogP contribution in [0.2, 0.25) is 0 Å². The smallest absolute Gasteiger partial charge is 0.0223 e. The summed E-state index contributed by atoms with van der Waals surface area (Å²) in [7, 11) is 0. The van der Waals surface area contributed by atoms with Gasteiger partial charge < -0.3 is 5.32 Å². The standard InChI is InChI=1S/C12H23NS/c1-4-7-13-11(9-10(2)3)12-6-5-8-14-12/h11-13H,2,4-9H2,1,3H3. The van der Waals surface area contributed by atoms with E-state index in [-0.39, 0.29) is 0 Å². The third kappa shape index (κ3) is 4.05. The van der Waals surface area contributed by atoms with Gasteiger partial charge in [0.25, 0.3) is 0 Å². The van der Waals surface area contributed by atoms with Crippen molar-refractivity contribution >= 4 is 11.8 Å². The first-order chi connectivity index (χ1) is 6.74. The highest BCUT2D eigenvalue weighted by Crippen LogP contribution is 2.30. The lowest BCUT2D eigenvalue weighted by atomic mass is 10.0. The van der Waals surface area contributed by atoms with Crippen molar-refractivity contribution in [3.8, 4) is 0 Å². The molecule has 0 aromatic carbocycles. The van der Waals surface area contributed by atoms with E-state index in [9.17, 15) is 0 Å². The molecule has 1 fully saturated rings. The minimum Gasteiger partial charge on any atom is -0.313 e. The quantitative estimate of drug-likeness (QED) is 0.680. The van der Waals surface area contributed by atoms with E-state index in [0.29, 0.717) is 6.04 Å². The van der Waals surface area contributed by atoms with Crippen LogP contribution in [0, 0.1) is 0 Å². The van der Waals surface area contributed by atoms with Crippen LogP contribution in [-0.4, -0.2) is 23.6 Å². The first kappa shape index (κ1) is 12.1. The lowest BCUT2D eigenvalue weighted by Crippen LogP contribution is -2.37. The molecule has 0 amide bonds. The topological polar surface area (TPSA) is 12.0 Å². The summed E-state index contributed by atoms with van der Waals surface area (Å²) in [5, 5.41) is 4.49. The van der Waals surface area contributed by atoms with Crippen molar-refractivity contribution in [1.82, 2.24) is 5.32 Å². The van der Waals surface area contributed by atoms with Gasteiger partial charge in [-0.25, -0.2) is 0 Å². The van der Waals surface area contributed by atoms with Crippen LogP contribution in [0.25, 0.3) is 0 Å². The van der Waals surface area contributed by atoms with E-state index in [1.807, 2.05) is 0 Å². The molecule has 0 aromatic heterocycles. The minimum absolute atomic E-state index is 0.667. The molecule has 82 valence electrons. The van der Waals surface area contributed by atoms with Crippen LogP contribution in [0.1, 0.15) is 39.5 Å². The average molecular weight is 213 g/mol. The van der Waals surface area contributed by atoms with Gasteiger partial charge in [-0.3, -0.25) is 0 Å². The van der Waals surface area contributed by atoms with Crippen molar-refractivity contribution in [3.05, 3.63) is 12.2 Å². The van der Waals surface area contributed by atoms with Gasteiger partial charge in [0.05, 0.1) is 0 Å². The lowest BCUT2D eigenvalue weighted by Gasteiger charge is -2.24. The zero-order chi connectivity index (χ0) is 10.4. The first-order valence-corrected chi connectivity index (χ1v) is 6.78. The Morgan fingerprint density at radius 1 is 1.64 bits per heavy atom. The number of hydrogen-bond donors (Lipinski definition) is 1. The molecule has 14 heavy (non-hydrogen) atoms. The summed E-state index contributed by atoms with van der Waals surface area (Å²) in [6.07, 6.45) is 5.16. The van der Waals surface area contributed by atoms with Crippen molar-refractivity contribution in [3.63, 3.8) is 0 Å². The molecule has 0 bridgehead atoms. The van der Waals surface area contributed by atoms with Gasteiger partial charge in [-0.2, -0.15) is 11.8 Å². The molecule has 1 aliphatic rings. The maximum atomic E-state index is 4.03. The molecule has 1 nitrogen and oxygen atoms in total. The molecule has 0 saturated carbocycles. The third-order valence-electron chi connectivity index (χ3n) is 2.64. The van der Waals surface area contributed by atoms with E-state index >= 15 is 0 Å². The van der Waals surface area contributed by atoms with Crippen LogP contribution in [-0.2, 0) is 0 Å². The molecule has 1 heterocycles. The van der Waals surface area contributed by atoms with Crippen LogP contribution < -0.4 is 5.32 Å². The fourth-order valence-electron chi connectivity index (χ4n) is 1.96. The van der Waals surface area contributed by atoms with Crippen molar-refractivity contribution in [2.24, 2.45) is 0 Å². The Balaban J connectivity index is 2.37. The Morgan fingerprint density at radius 3 is 2.93 bits per heavy atom. The molecular formula is C12H23NS. The second kappa shape index (κ2) is 6.52. The van der Waals surface area contributed by atoms with Crippen LogP contribution in [0.15, 0.2) is 12.2 Å². The zero-order valence-electron chi connectivity index (χ0n) is 9.51. The monoisotopic (exact) mass is 213 g/mol. The van der Waals surface area contributed by atoms with Crippen LogP contribution in [0.3, 0.4) is 0 Å². The molecule has 1 saturated heterocycles. The molecule has 0 radical (unpaired) electrons. The summed E-state index contributed by atoms with van der Waals surface area (Å²) in [6, 6.07) is 0.667. The molecule has 1 aliphatic heterocycles. The largest absolute Gasteiger partial charge is 0.313 e. The summed E-state index contributed by atoms with van der Waals surface area (Å²) in [6.45, 7) is 9.54. The van der Waals surface area contributed by atoms with Gasteiger partial charge in [-0.15, -0.1) is 6.58 Å². The Labute approximate surface area is 92.7 Å². The third-order valence-corrected chi connectivity index (χ3v) is 4.16. The Hall–Kier alpha value is 0.0500. The number of thioether (sulfide) groups is 1. The molecule has 2 unspecified atom stereocenters. The first-order valence-electron chi connectivity index (χ1n) is 5.73. The van der Waals surface area contributed by atoms with Gasteiger partial charge >= 0.3 is 0 Å². The summed E-state index contributed by atoms with van der Waals surface area (Å²) in [5.41, 5.74) is 1.31. The van der Waals surface area contributed by atoms with E-state index in [4.69, 9.17) is 0 Å². The number of rotatable bonds is 6. The molecular weight excluding hydrogens is 190 g/mol. The molecule has 2 heteroatoms. The summed E-state index contributed by atoms with van der Waals surface area (Å²) in [5.74, 6) is 1.35. The zero-order valence-corrected chi connectivity index (χ0v) is 10.3. The second-order valence-corrected chi connectivity index (χ2v) is 5.62. The van der Waals surface area contributed by atoms with Crippen molar-refractivity contribution < 1.29 is 0 Å². The van der Waals surface area contributed by atoms with E-state index in [1.54, 1.807) is 0 Å². The summed E-state index contributed by atoms with van der Waals surface area (Å²) in [4.78, 5) is 0. The maximum absolute atomic E-state index is 4.03. The Morgan fingerprint density at radius 2 is 2.43 bits per heavy atom. The highest BCUT2D eigenvalue weighted by molar-refractivity contribution is 8.00. The molecule has 0 aromatic rings. The highest BCUT2D eigenvalue weighted by atomic mass is 32.2. The predicted molar refractivity (Wildman–Crippen MR) is 67.0 cm³/mol. The minimum atomic E-state index is 0.667. The van der Waals surface area contributed by atoms with Crippen LogP contribution in [0.5, 0.6) is 0 Å². The van der Waals surface area contributed by atoms with Gasteiger partial charge in [0.1, 0.15) is 0 Å². The van der Waals surface area contributed by atoms with Crippen molar-refractivity contribution in [2.45, 2.75) is 50.8 Å². The molecule has 0 aliphatic carbocycles. The van der Waals surface area contributed by atoms with E-state index in [2.05, 4.69) is 37.5 Å². The molecule has 1 N–H and O–H groups in total. The van der Waals surface area contributed by atoms with Gasteiger partial charge in [-0.1, -0.05) is 12.5 Å². The number of hydrogen-bond acceptors (Lipinski definition) is 2. The van der Waals surface area contributed by atoms with Gasteiger partial charge in [0.2, 0.25) is 0 Å². The fourth-order valence-corrected chi connectivity index (χ4v) is 3.35. The molecule has 1 rings (SSSR count). The second-order valence-electron chi connectivity index (χ2n) is 4.27. The van der Waals surface area contributed by atoms with Gasteiger partial charge in [0.15, 0.2) is 0 Å². The Bertz CT molecular complexity index is 173. The average Bonchev–Trinajstić information content (AvgIpc) is 2.64. The fraction of sp³-hybridized carbons (Fsp3) is 0.833. The van der Waals surface area contributed by atoms with Gasteiger partial charge in [-0.05, 0) is 44.9 Å². The van der Waals surface area contributed by atoms with E-state index < -0.39 is 0 Å². The van der Waals surface area contributed by atoms with Crippen molar-refractivity contribution in [2.75, 3.05) is 12.3 Å². The lowest BCUT2D eigenvalue weighted by molar-refractivity contribution is 0.481. The molecule has 2 atom stereocenters. The van der Waals surface area contributed by atoms with E-state index in [0.717, 1.165) is 18.2 Å². The summed E-state index contributed by atoms with van der Waals surface area (Å²) >= 11 is 2.14. The van der Waals surface area contributed by atoms with E-state index in [1.165, 1.54) is 30.6 Å². The van der Waals surface area contributed by atoms with Gasteiger partial charge in [0, 0.05) is 11.3 Å². The van der Waals surface area contributed by atoms with Crippen LogP contribution in [0.4, 0.5) is 0 Å². The predicted octanol–water partition coefficient (Wildman–Crippen LogP) is 3.22. The normalized spacial score (nSPS) is 23.7. The Kier molecular flexibility index (Phi) is 5.64. The maximum Gasteiger partial charge on any atom is 0.0223 e. The SMILES string of the molecule is C=C(C)CC(NCCC)C1CCCS1. The molecule has 0 spiro atoms. The summed E-state index contributed by atoms with van der Waals surface area (Å²) < 4.78 is 0. The van der Waals surface area contributed by atoms with Crippen LogP contribution >= 0.6 is 11.8 Å². The number of nitrogens with one attached hydrogen (secondary N) is 1.